The second-order valence-electron chi connectivity index (χ2n) is 5.66. The van der Waals surface area contributed by atoms with Crippen molar-refractivity contribution in [1.82, 2.24) is 14.9 Å². The summed E-state index contributed by atoms with van der Waals surface area (Å²) in [5.41, 5.74) is 3.70. The first kappa shape index (κ1) is 15.8. The van der Waals surface area contributed by atoms with Gasteiger partial charge in [-0.3, -0.25) is 0 Å². The molecule has 3 aromatic rings. The minimum absolute atomic E-state index is 0.362. The Kier molecular flexibility index (Phi) is 4.01. The van der Waals surface area contributed by atoms with E-state index >= 15 is 0 Å². The van der Waals surface area contributed by atoms with Crippen molar-refractivity contribution in [3.8, 4) is 17.1 Å². The lowest BCUT2D eigenvalue weighted by molar-refractivity contribution is 0.415. The van der Waals surface area contributed by atoms with Crippen molar-refractivity contribution in [1.29, 1.82) is 0 Å². The van der Waals surface area contributed by atoms with Crippen molar-refractivity contribution < 1.29 is 9.13 Å². The monoisotopic (exact) mass is 354 g/mol. The van der Waals surface area contributed by atoms with Gasteiger partial charge in [-0.1, -0.05) is 41.6 Å². The zero-order valence-corrected chi connectivity index (χ0v) is 14.5. The number of hydrogen-bond acceptors (Lipinski definition) is 5. The summed E-state index contributed by atoms with van der Waals surface area (Å²) < 4.78 is 20.7. The van der Waals surface area contributed by atoms with E-state index in [9.17, 15) is 4.39 Å². The van der Waals surface area contributed by atoms with Gasteiger partial charge in [0.2, 0.25) is 5.16 Å². The van der Waals surface area contributed by atoms with Crippen molar-refractivity contribution in [2.45, 2.75) is 12.1 Å². The highest BCUT2D eigenvalue weighted by atomic mass is 32.2. The Balaban J connectivity index is 1.82. The van der Waals surface area contributed by atoms with Crippen molar-refractivity contribution in [3.63, 3.8) is 0 Å². The van der Waals surface area contributed by atoms with Gasteiger partial charge in [0.1, 0.15) is 11.6 Å². The molecule has 0 radical (unpaired) electrons. The number of benzene rings is 2. The Labute approximate surface area is 148 Å². The summed E-state index contributed by atoms with van der Waals surface area (Å²) in [5.74, 6) is 1.34. The van der Waals surface area contributed by atoms with Gasteiger partial charge in [-0.05, 0) is 30.7 Å². The van der Waals surface area contributed by atoms with Gasteiger partial charge in [0.05, 0.1) is 18.4 Å². The minimum atomic E-state index is -0.362. The predicted octanol–water partition coefficient (Wildman–Crippen LogP) is 3.76. The molecule has 0 aliphatic carbocycles. The van der Waals surface area contributed by atoms with Crippen LogP contribution >= 0.6 is 11.8 Å². The molecule has 0 saturated carbocycles. The Morgan fingerprint density at radius 2 is 1.92 bits per heavy atom. The van der Waals surface area contributed by atoms with Crippen LogP contribution in [0.1, 0.15) is 11.1 Å². The molecule has 0 saturated heterocycles. The van der Waals surface area contributed by atoms with Crippen molar-refractivity contribution in [2.24, 2.45) is 5.10 Å². The molecule has 2 aromatic carbocycles. The Morgan fingerprint density at radius 3 is 2.68 bits per heavy atom. The fourth-order valence-corrected chi connectivity index (χ4v) is 3.48. The predicted molar refractivity (Wildman–Crippen MR) is 95.8 cm³/mol. The molecule has 1 aromatic heterocycles. The van der Waals surface area contributed by atoms with Crippen LogP contribution in [0.2, 0.25) is 0 Å². The van der Waals surface area contributed by atoms with Gasteiger partial charge in [0, 0.05) is 5.75 Å². The zero-order chi connectivity index (χ0) is 17.4. The number of ether oxygens (including phenoxy) is 1. The van der Waals surface area contributed by atoms with E-state index in [4.69, 9.17) is 9.84 Å². The van der Waals surface area contributed by atoms with Crippen LogP contribution < -0.4 is 4.74 Å². The molecule has 0 fully saturated rings. The third kappa shape index (κ3) is 2.91. The second-order valence-corrected chi connectivity index (χ2v) is 6.61. The first-order valence-corrected chi connectivity index (χ1v) is 8.71. The number of fused-ring (bicyclic) bond motifs is 1. The molecule has 0 N–H and O–H groups in total. The highest BCUT2D eigenvalue weighted by Gasteiger charge is 2.23. The van der Waals surface area contributed by atoms with Crippen LogP contribution in [0.5, 0.6) is 5.75 Å². The minimum Gasteiger partial charge on any atom is -0.496 e. The van der Waals surface area contributed by atoms with Crippen LogP contribution in [-0.2, 0) is 0 Å². The summed E-state index contributed by atoms with van der Waals surface area (Å²) in [6.07, 6.45) is 0. The molecule has 25 heavy (non-hydrogen) atoms. The van der Waals surface area contributed by atoms with E-state index < -0.39 is 0 Å². The second kappa shape index (κ2) is 6.33. The van der Waals surface area contributed by atoms with E-state index in [0.29, 0.717) is 28.0 Å². The molecular formula is C18H15FN4OS. The van der Waals surface area contributed by atoms with E-state index in [2.05, 4.69) is 22.3 Å². The van der Waals surface area contributed by atoms with Crippen molar-refractivity contribution in [3.05, 3.63) is 59.4 Å². The van der Waals surface area contributed by atoms with Crippen LogP contribution in [0.4, 0.5) is 4.39 Å². The van der Waals surface area contributed by atoms with Gasteiger partial charge in [-0.25, -0.2) is 4.39 Å². The molecule has 2 heterocycles. The molecule has 0 bridgehead atoms. The first-order valence-electron chi connectivity index (χ1n) is 7.73. The van der Waals surface area contributed by atoms with Crippen LogP contribution in [0.25, 0.3) is 11.4 Å². The van der Waals surface area contributed by atoms with Crippen molar-refractivity contribution >= 4 is 17.5 Å². The summed E-state index contributed by atoms with van der Waals surface area (Å²) in [4.78, 5) is 0. The van der Waals surface area contributed by atoms with E-state index in [1.165, 1.54) is 17.7 Å². The molecule has 4 rings (SSSR count). The largest absolute Gasteiger partial charge is 0.496 e. The third-order valence-electron chi connectivity index (χ3n) is 3.96. The molecule has 0 unspecified atom stereocenters. The number of methoxy groups -OCH3 is 1. The lowest BCUT2D eigenvalue weighted by Crippen LogP contribution is -2.13. The van der Waals surface area contributed by atoms with E-state index in [-0.39, 0.29) is 5.82 Å². The molecule has 7 heteroatoms. The van der Waals surface area contributed by atoms with Crippen LogP contribution in [0.3, 0.4) is 0 Å². The Hall–Kier alpha value is -2.67. The maximum absolute atomic E-state index is 13.7. The molecule has 1 aliphatic rings. The summed E-state index contributed by atoms with van der Waals surface area (Å²) in [6.45, 7) is 2.05. The summed E-state index contributed by atoms with van der Waals surface area (Å²) in [5, 5.41) is 13.7. The highest BCUT2D eigenvalue weighted by molar-refractivity contribution is 7.99. The van der Waals surface area contributed by atoms with E-state index in [1.54, 1.807) is 29.6 Å². The standard InChI is InChI=1S/C18H15FN4OS/c1-11-3-5-12(6-4-11)15-10-25-18-21-20-17(23(18)22-15)14-9-13(19)7-8-16(14)24-2/h3-9H,10H2,1-2H3. The van der Waals surface area contributed by atoms with Crippen LogP contribution in [-0.4, -0.2) is 33.4 Å². The number of halogens is 1. The topological polar surface area (TPSA) is 52.3 Å². The maximum atomic E-state index is 13.7. The molecule has 0 atom stereocenters. The zero-order valence-electron chi connectivity index (χ0n) is 13.7. The maximum Gasteiger partial charge on any atom is 0.212 e. The number of hydrogen-bond donors (Lipinski definition) is 0. The fraction of sp³-hybridized carbons (Fsp3) is 0.167. The number of rotatable bonds is 3. The molecule has 0 amide bonds. The van der Waals surface area contributed by atoms with Gasteiger partial charge in [0.15, 0.2) is 5.82 Å². The number of aryl methyl sites for hydroxylation is 1. The van der Waals surface area contributed by atoms with Crippen LogP contribution in [0, 0.1) is 12.7 Å². The Morgan fingerprint density at radius 1 is 1.12 bits per heavy atom. The lowest BCUT2D eigenvalue weighted by Gasteiger charge is -2.15. The fourth-order valence-electron chi connectivity index (χ4n) is 2.64. The van der Waals surface area contributed by atoms with Gasteiger partial charge >= 0.3 is 0 Å². The number of aromatic nitrogens is 3. The summed E-state index contributed by atoms with van der Waals surface area (Å²) in [7, 11) is 1.54. The van der Waals surface area contributed by atoms with Gasteiger partial charge in [-0.2, -0.15) is 9.78 Å². The number of thioether (sulfide) groups is 1. The average Bonchev–Trinajstić information content (AvgIpc) is 3.05. The Bertz CT molecular complexity index is 966. The van der Waals surface area contributed by atoms with Gasteiger partial charge in [0.25, 0.3) is 0 Å². The molecule has 5 nitrogen and oxygen atoms in total. The molecule has 126 valence electrons. The van der Waals surface area contributed by atoms with E-state index in [0.717, 1.165) is 11.3 Å². The summed E-state index contributed by atoms with van der Waals surface area (Å²) >= 11 is 1.55. The summed E-state index contributed by atoms with van der Waals surface area (Å²) in [6, 6.07) is 12.5. The van der Waals surface area contributed by atoms with Crippen LogP contribution in [0.15, 0.2) is 52.7 Å². The number of nitrogens with zero attached hydrogens (tertiary/aromatic N) is 4. The van der Waals surface area contributed by atoms with Crippen molar-refractivity contribution in [2.75, 3.05) is 12.9 Å². The molecule has 0 spiro atoms. The van der Waals surface area contributed by atoms with Gasteiger partial charge in [-0.15, -0.1) is 10.2 Å². The normalized spacial score (nSPS) is 13.3. The third-order valence-corrected chi connectivity index (χ3v) is 4.89. The molecule has 1 aliphatic heterocycles. The quantitative estimate of drug-likeness (QED) is 0.719. The lowest BCUT2D eigenvalue weighted by atomic mass is 10.1. The van der Waals surface area contributed by atoms with E-state index in [1.807, 2.05) is 19.1 Å². The highest BCUT2D eigenvalue weighted by Crippen LogP contribution is 2.33. The van der Waals surface area contributed by atoms with Gasteiger partial charge < -0.3 is 4.74 Å². The SMILES string of the molecule is COc1ccc(F)cc1-c1nnc2n1N=C(c1ccc(C)cc1)CS2. The first-order chi connectivity index (χ1) is 12.2. The average molecular weight is 354 g/mol. The smallest absolute Gasteiger partial charge is 0.212 e. The molecular weight excluding hydrogens is 339 g/mol.